The molecule has 0 atom stereocenters. The minimum Gasteiger partial charge on any atom is -0.355 e. The van der Waals surface area contributed by atoms with Crippen LogP contribution in [0.1, 0.15) is 21.6 Å². The molecule has 7 heteroatoms. The number of benzene rings is 2. The van der Waals surface area contributed by atoms with E-state index in [1.165, 1.54) is 0 Å². The zero-order chi connectivity index (χ0) is 19.8. The van der Waals surface area contributed by atoms with Gasteiger partial charge in [-0.05, 0) is 36.8 Å². The second-order valence-corrected chi connectivity index (χ2v) is 7.10. The first-order valence-corrected chi connectivity index (χ1v) is 9.33. The Morgan fingerprint density at radius 2 is 1.89 bits per heavy atom. The summed E-state index contributed by atoms with van der Waals surface area (Å²) in [6, 6.07) is 15.6. The first-order valence-electron chi connectivity index (χ1n) is 8.95. The van der Waals surface area contributed by atoms with E-state index in [2.05, 4.69) is 15.3 Å². The lowest BCUT2D eigenvalue weighted by atomic mass is 10.1. The van der Waals surface area contributed by atoms with Crippen molar-refractivity contribution >= 4 is 39.9 Å². The van der Waals surface area contributed by atoms with Gasteiger partial charge >= 0.3 is 0 Å². The van der Waals surface area contributed by atoms with Gasteiger partial charge in [0.1, 0.15) is 10.8 Å². The highest BCUT2D eigenvalue weighted by Gasteiger charge is 2.17. The fourth-order valence-corrected chi connectivity index (χ4v) is 3.47. The Balaban J connectivity index is 1.75. The second-order valence-electron chi connectivity index (χ2n) is 6.72. The smallest absolute Gasteiger partial charge is 0.251 e. The molecule has 0 bridgehead atoms. The molecule has 0 unspecified atom stereocenters. The van der Waals surface area contributed by atoms with Crippen LogP contribution >= 0.6 is 11.6 Å². The van der Waals surface area contributed by atoms with Gasteiger partial charge in [0.05, 0.1) is 11.2 Å². The molecule has 0 saturated heterocycles. The molecule has 0 aliphatic rings. The number of anilines is 1. The molecule has 142 valence electrons. The van der Waals surface area contributed by atoms with Gasteiger partial charge in [-0.2, -0.15) is 5.10 Å². The molecule has 0 saturated carbocycles. The van der Waals surface area contributed by atoms with Crippen molar-refractivity contribution in [1.29, 1.82) is 0 Å². The zero-order valence-electron chi connectivity index (χ0n) is 15.9. The van der Waals surface area contributed by atoms with E-state index in [0.29, 0.717) is 22.8 Å². The van der Waals surface area contributed by atoms with Gasteiger partial charge in [0, 0.05) is 31.6 Å². The van der Waals surface area contributed by atoms with E-state index in [0.717, 1.165) is 28.0 Å². The Morgan fingerprint density at radius 1 is 1.18 bits per heavy atom. The minimum atomic E-state index is -0.0937. The number of rotatable bonds is 4. The van der Waals surface area contributed by atoms with Crippen LogP contribution in [0.2, 0.25) is 5.02 Å². The number of halogens is 1. The maximum atomic E-state index is 11.7. The van der Waals surface area contributed by atoms with E-state index in [1.54, 1.807) is 11.6 Å². The second kappa shape index (κ2) is 7.13. The van der Waals surface area contributed by atoms with Crippen LogP contribution in [0.5, 0.6) is 0 Å². The summed E-state index contributed by atoms with van der Waals surface area (Å²) < 4.78 is 1.79. The third-order valence-corrected chi connectivity index (χ3v) is 5.22. The van der Waals surface area contributed by atoms with Crippen molar-refractivity contribution in [3.8, 4) is 0 Å². The fourth-order valence-electron chi connectivity index (χ4n) is 3.31. The van der Waals surface area contributed by atoms with Crippen LogP contribution in [0.3, 0.4) is 0 Å². The molecule has 2 heterocycles. The zero-order valence-corrected chi connectivity index (χ0v) is 16.7. The molecular weight excluding hydrogens is 374 g/mol. The molecule has 1 N–H and O–H groups in total. The van der Waals surface area contributed by atoms with Crippen LogP contribution in [0.25, 0.3) is 16.6 Å². The lowest BCUT2D eigenvalue weighted by molar-refractivity contribution is 0.0963. The highest BCUT2D eigenvalue weighted by molar-refractivity contribution is 6.34. The molecule has 0 aliphatic carbocycles. The molecule has 6 nitrogen and oxygen atoms in total. The predicted molar refractivity (Wildman–Crippen MR) is 112 cm³/mol. The van der Waals surface area contributed by atoms with E-state index in [-0.39, 0.29) is 5.91 Å². The van der Waals surface area contributed by atoms with Gasteiger partial charge in [-0.3, -0.25) is 4.79 Å². The quantitative estimate of drug-likeness (QED) is 0.572. The van der Waals surface area contributed by atoms with Gasteiger partial charge in [-0.15, -0.1) is 0 Å². The summed E-state index contributed by atoms with van der Waals surface area (Å²) in [6.45, 7) is 2.52. The number of carbonyl (C=O) groups excluding carboxylic acids is 1. The molecule has 0 fully saturated rings. The maximum absolute atomic E-state index is 11.7. The number of hydrogen-bond donors (Lipinski definition) is 1. The normalized spacial score (nSPS) is 11.1. The lowest BCUT2D eigenvalue weighted by Crippen LogP contribution is -2.20. The summed E-state index contributed by atoms with van der Waals surface area (Å²) in [5.74, 6) is 0.740. The van der Waals surface area contributed by atoms with Crippen molar-refractivity contribution in [3.05, 3.63) is 70.4 Å². The van der Waals surface area contributed by atoms with E-state index in [1.807, 2.05) is 62.5 Å². The van der Waals surface area contributed by atoms with Gasteiger partial charge in [-0.25, -0.2) is 9.50 Å². The third kappa shape index (κ3) is 3.05. The number of para-hydroxylation sites is 1. The number of hydrogen-bond acceptors (Lipinski definition) is 4. The molecule has 4 aromatic rings. The fraction of sp³-hybridized carbons (Fsp3) is 0.190. The number of nitrogens with zero attached hydrogens (tertiary/aromatic N) is 4. The Hall–Kier alpha value is -3.12. The van der Waals surface area contributed by atoms with Crippen LogP contribution in [0, 0.1) is 6.92 Å². The standard InChI is InChI=1S/C21H20ClN5O/c1-13-18(22)20-24-19(16-6-4-5-7-17(16)27(20)25-13)26(3)12-14-8-10-15(11-9-14)21(28)23-2/h4-11H,12H2,1-3H3,(H,23,28). The average molecular weight is 394 g/mol. The number of carbonyl (C=O) groups is 1. The molecule has 0 aliphatic heterocycles. The molecule has 2 aromatic heterocycles. The van der Waals surface area contributed by atoms with Crippen molar-refractivity contribution in [2.24, 2.45) is 0 Å². The maximum Gasteiger partial charge on any atom is 0.251 e. The summed E-state index contributed by atoms with van der Waals surface area (Å²) >= 11 is 6.44. The molecule has 1 amide bonds. The lowest BCUT2D eigenvalue weighted by Gasteiger charge is -2.20. The molecule has 4 rings (SSSR count). The van der Waals surface area contributed by atoms with Gasteiger partial charge in [-0.1, -0.05) is 35.9 Å². The van der Waals surface area contributed by atoms with Crippen molar-refractivity contribution in [2.45, 2.75) is 13.5 Å². The Labute approximate surface area is 167 Å². The summed E-state index contributed by atoms with van der Waals surface area (Å²) in [6.07, 6.45) is 0. The number of fused-ring (bicyclic) bond motifs is 3. The van der Waals surface area contributed by atoms with Crippen molar-refractivity contribution < 1.29 is 4.79 Å². The van der Waals surface area contributed by atoms with Gasteiger partial charge < -0.3 is 10.2 Å². The van der Waals surface area contributed by atoms with Crippen molar-refractivity contribution in [2.75, 3.05) is 19.0 Å². The highest BCUT2D eigenvalue weighted by Crippen LogP contribution is 2.30. The van der Waals surface area contributed by atoms with Crippen LogP contribution in [-0.2, 0) is 6.54 Å². The van der Waals surface area contributed by atoms with E-state index >= 15 is 0 Å². The number of aryl methyl sites for hydroxylation is 1. The third-order valence-electron chi connectivity index (χ3n) is 4.77. The SMILES string of the molecule is CNC(=O)c1ccc(CN(C)c2nc3c(Cl)c(C)nn3c3ccccc23)cc1. The minimum absolute atomic E-state index is 0.0937. The molecule has 2 aromatic carbocycles. The van der Waals surface area contributed by atoms with Crippen LogP contribution in [-0.4, -0.2) is 34.6 Å². The molecule has 0 spiro atoms. The largest absolute Gasteiger partial charge is 0.355 e. The van der Waals surface area contributed by atoms with Gasteiger partial charge in [0.15, 0.2) is 5.65 Å². The van der Waals surface area contributed by atoms with Crippen LogP contribution in [0.15, 0.2) is 48.5 Å². The summed E-state index contributed by atoms with van der Waals surface area (Å²) in [4.78, 5) is 18.6. The summed E-state index contributed by atoms with van der Waals surface area (Å²) in [7, 11) is 3.62. The Kier molecular flexibility index (Phi) is 4.65. The monoisotopic (exact) mass is 393 g/mol. The number of aromatic nitrogens is 3. The predicted octanol–water partition coefficient (Wildman–Crippen LogP) is 3.84. The number of amides is 1. The van der Waals surface area contributed by atoms with Gasteiger partial charge in [0.25, 0.3) is 5.91 Å². The highest BCUT2D eigenvalue weighted by atomic mass is 35.5. The van der Waals surface area contributed by atoms with E-state index in [9.17, 15) is 4.79 Å². The molecular formula is C21H20ClN5O. The Morgan fingerprint density at radius 3 is 2.61 bits per heavy atom. The topological polar surface area (TPSA) is 62.5 Å². The first-order chi connectivity index (χ1) is 13.5. The molecule has 28 heavy (non-hydrogen) atoms. The number of nitrogens with one attached hydrogen (secondary N) is 1. The Bertz CT molecular complexity index is 1180. The average Bonchev–Trinajstić information content (AvgIpc) is 3.01. The van der Waals surface area contributed by atoms with E-state index in [4.69, 9.17) is 16.6 Å². The summed E-state index contributed by atoms with van der Waals surface area (Å²) in [5, 5.41) is 8.72. The first kappa shape index (κ1) is 18.3. The summed E-state index contributed by atoms with van der Waals surface area (Å²) in [5.41, 5.74) is 4.08. The molecule has 0 radical (unpaired) electrons. The van der Waals surface area contributed by atoms with Crippen LogP contribution < -0.4 is 10.2 Å². The van der Waals surface area contributed by atoms with Crippen molar-refractivity contribution in [3.63, 3.8) is 0 Å². The van der Waals surface area contributed by atoms with Gasteiger partial charge in [0.2, 0.25) is 0 Å². The van der Waals surface area contributed by atoms with E-state index < -0.39 is 0 Å². The van der Waals surface area contributed by atoms with Crippen LogP contribution in [0.4, 0.5) is 5.82 Å². The van der Waals surface area contributed by atoms with Crippen molar-refractivity contribution in [1.82, 2.24) is 19.9 Å².